The number of likely N-dealkylation sites (N-methyl/N-ethyl adjacent to an activating group) is 1. The number of methoxy groups -OCH3 is 1. The molecule has 0 aromatic heterocycles. The van der Waals surface area contributed by atoms with Crippen molar-refractivity contribution in [1.29, 1.82) is 0 Å². The summed E-state index contributed by atoms with van der Waals surface area (Å²) in [6.07, 6.45) is 4.44. The molecule has 0 bridgehead atoms. The van der Waals surface area contributed by atoms with E-state index >= 15 is 0 Å². The van der Waals surface area contributed by atoms with Gasteiger partial charge in [0, 0.05) is 12.6 Å². The predicted octanol–water partition coefficient (Wildman–Crippen LogP) is 2.92. The molecule has 0 aliphatic carbocycles. The van der Waals surface area contributed by atoms with Gasteiger partial charge < -0.3 is 14.8 Å². The Morgan fingerprint density at radius 2 is 2.35 bits per heavy atom. The number of ether oxygens (including phenoxy) is 2. The van der Waals surface area contributed by atoms with Gasteiger partial charge in [0.1, 0.15) is 0 Å². The molecule has 1 aliphatic heterocycles. The standard InChI is InChI=1S/C16H24FNO2/c1-3-18-13(11-14-5-4-8-20-14)9-12-6-7-16(19-2)15(17)10-12/h6-7,10,13-14,18H,3-5,8-9,11H2,1-2H3. The Morgan fingerprint density at radius 1 is 1.50 bits per heavy atom. The predicted molar refractivity (Wildman–Crippen MR) is 77.7 cm³/mol. The maximum atomic E-state index is 13.7. The molecule has 2 rings (SSSR count). The zero-order valence-corrected chi connectivity index (χ0v) is 12.3. The normalized spacial score (nSPS) is 20.1. The van der Waals surface area contributed by atoms with E-state index in [4.69, 9.17) is 9.47 Å². The highest BCUT2D eigenvalue weighted by molar-refractivity contribution is 5.29. The Balaban J connectivity index is 1.97. The minimum absolute atomic E-state index is 0.294. The molecule has 0 amide bonds. The van der Waals surface area contributed by atoms with Gasteiger partial charge in [-0.05, 0) is 49.9 Å². The van der Waals surface area contributed by atoms with E-state index in [9.17, 15) is 4.39 Å². The topological polar surface area (TPSA) is 30.5 Å². The van der Waals surface area contributed by atoms with Gasteiger partial charge in [-0.3, -0.25) is 0 Å². The summed E-state index contributed by atoms with van der Waals surface area (Å²) in [6.45, 7) is 3.88. The van der Waals surface area contributed by atoms with Crippen LogP contribution in [0.15, 0.2) is 18.2 Å². The number of hydrogen-bond donors (Lipinski definition) is 1. The molecule has 112 valence electrons. The summed E-state index contributed by atoms with van der Waals surface area (Å²) < 4.78 is 24.4. The van der Waals surface area contributed by atoms with E-state index in [0.29, 0.717) is 17.9 Å². The highest BCUT2D eigenvalue weighted by atomic mass is 19.1. The van der Waals surface area contributed by atoms with Crippen LogP contribution in [0.5, 0.6) is 5.75 Å². The van der Waals surface area contributed by atoms with Crippen LogP contribution in [0.3, 0.4) is 0 Å². The summed E-state index contributed by atoms with van der Waals surface area (Å²) in [7, 11) is 1.48. The van der Waals surface area contributed by atoms with E-state index in [1.807, 2.05) is 6.07 Å². The number of halogens is 1. The minimum Gasteiger partial charge on any atom is -0.494 e. The largest absolute Gasteiger partial charge is 0.494 e. The maximum Gasteiger partial charge on any atom is 0.165 e. The fourth-order valence-corrected chi connectivity index (χ4v) is 2.80. The van der Waals surface area contributed by atoms with Crippen molar-refractivity contribution < 1.29 is 13.9 Å². The van der Waals surface area contributed by atoms with E-state index in [2.05, 4.69) is 12.2 Å². The lowest BCUT2D eigenvalue weighted by molar-refractivity contribution is 0.0947. The molecule has 4 heteroatoms. The van der Waals surface area contributed by atoms with Crippen LogP contribution in [0.25, 0.3) is 0 Å². The first-order valence-electron chi connectivity index (χ1n) is 7.40. The summed E-state index contributed by atoms with van der Waals surface area (Å²) >= 11 is 0. The van der Waals surface area contributed by atoms with Crippen molar-refractivity contribution in [2.45, 2.75) is 44.8 Å². The fourth-order valence-electron chi connectivity index (χ4n) is 2.80. The van der Waals surface area contributed by atoms with Crippen LogP contribution >= 0.6 is 0 Å². The first kappa shape index (κ1) is 15.3. The first-order chi connectivity index (χ1) is 9.72. The van der Waals surface area contributed by atoms with Crippen LogP contribution in [0.2, 0.25) is 0 Å². The molecule has 3 nitrogen and oxygen atoms in total. The Morgan fingerprint density at radius 3 is 2.95 bits per heavy atom. The van der Waals surface area contributed by atoms with Crippen molar-refractivity contribution in [3.05, 3.63) is 29.6 Å². The van der Waals surface area contributed by atoms with Crippen molar-refractivity contribution in [2.24, 2.45) is 0 Å². The maximum absolute atomic E-state index is 13.7. The van der Waals surface area contributed by atoms with Gasteiger partial charge >= 0.3 is 0 Å². The third-order valence-corrected chi connectivity index (χ3v) is 3.76. The summed E-state index contributed by atoms with van der Waals surface area (Å²) in [6, 6.07) is 5.52. The van der Waals surface area contributed by atoms with Gasteiger partial charge in [-0.15, -0.1) is 0 Å². The molecule has 2 unspecified atom stereocenters. The van der Waals surface area contributed by atoms with Gasteiger partial charge in [0.25, 0.3) is 0 Å². The Bertz CT molecular complexity index is 419. The van der Waals surface area contributed by atoms with Gasteiger partial charge in [0.05, 0.1) is 13.2 Å². The van der Waals surface area contributed by atoms with Crippen LogP contribution in [0.4, 0.5) is 4.39 Å². The van der Waals surface area contributed by atoms with Crippen molar-refractivity contribution in [1.82, 2.24) is 5.32 Å². The number of benzene rings is 1. The number of nitrogens with one attached hydrogen (secondary N) is 1. The van der Waals surface area contributed by atoms with Crippen molar-refractivity contribution in [3.63, 3.8) is 0 Å². The molecule has 1 saturated heterocycles. The van der Waals surface area contributed by atoms with Crippen LogP contribution in [-0.4, -0.2) is 32.4 Å². The van der Waals surface area contributed by atoms with Crippen LogP contribution in [0, 0.1) is 5.82 Å². The molecule has 1 aromatic carbocycles. The fraction of sp³-hybridized carbons (Fsp3) is 0.625. The molecule has 20 heavy (non-hydrogen) atoms. The summed E-state index contributed by atoms with van der Waals surface area (Å²) in [5, 5.41) is 3.47. The Labute approximate surface area is 120 Å². The van der Waals surface area contributed by atoms with E-state index < -0.39 is 0 Å². The van der Waals surface area contributed by atoms with E-state index in [1.54, 1.807) is 12.1 Å². The molecule has 0 spiro atoms. The molecule has 0 radical (unpaired) electrons. The van der Waals surface area contributed by atoms with Gasteiger partial charge in [0.15, 0.2) is 11.6 Å². The average molecular weight is 281 g/mol. The van der Waals surface area contributed by atoms with Gasteiger partial charge in [-0.1, -0.05) is 13.0 Å². The molecule has 0 saturated carbocycles. The summed E-state index contributed by atoms with van der Waals surface area (Å²) in [5.74, 6) is 0.00485. The number of rotatable bonds is 7. The van der Waals surface area contributed by atoms with Crippen LogP contribution in [0.1, 0.15) is 31.7 Å². The highest BCUT2D eigenvalue weighted by Gasteiger charge is 2.20. The van der Waals surface area contributed by atoms with E-state index in [0.717, 1.165) is 44.4 Å². The third-order valence-electron chi connectivity index (χ3n) is 3.76. The Hall–Kier alpha value is -1.13. The second-order valence-corrected chi connectivity index (χ2v) is 5.30. The quantitative estimate of drug-likeness (QED) is 0.833. The lowest BCUT2D eigenvalue weighted by atomic mass is 9.99. The zero-order chi connectivity index (χ0) is 14.4. The average Bonchev–Trinajstić information content (AvgIpc) is 2.92. The smallest absolute Gasteiger partial charge is 0.165 e. The second kappa shape index (κ2) is 7.60. The molecule has 1 N–H and O–H groups in total. The third kappa shape index (κ3) is 4.18. The van der Waals surface area contributed by atoms with Gasteiger partial charge in [-0.2, -0.15) is 0 Å². The number of hydrogen-bond acceptors (Lipinski definition) is 3. The van der Waals surface area contributed by atoms with Crippen LogP contribution in [-0.2, 0) is 11.2 Å². The van der Waals surface area contributed by atoms with Gasteiger partial charge in [0.2, 0.25) is 0 Å². The highest BCUT2D eigenvalue weighted by Crippen LogP contribution is 2.21. The van der Waals surface area contributed by atoms with Gasteiger partial charge in [-0.25, -0.2) is 4.39 Å². The first-order valence-corrected chi connectivity index (χ1v) is 7.40. The van der Waals surface area contributed by atoms with Crippen molar-refractivity contribution in [3.8, 4) is 5.75 Å². The van der Waals surface area contributed by atoms with E-state index in [1.165, 1.54) is 7.11 Å². The molecular formula is C16H24FNO2. The Kier molecular flexibility index (Phi) is 5.80. The lowest BCUT2D eigenvalue weighted by Gasteiger charge is -2.21. The zero-order valence-electron chi connectivity index (χ0n) is 12.3. The molecule has 1 heterocycles. The second-order valence-electron chi connectivity index (χ2n) is 5.30. The minimum atomic E-state index is -0.294. The van der Waals surface area contributed by atoms with Crippen molar-refractivity contribution >= 4 is 0 Å². The monoisotopic (exact) mass is 281 g/mol. The summed E-state index contributed by atoms with van der Waals surface area (Å²) in [4.78, 5) is 0. The summed E-state index contributed by atoms with van der Waals surface area (Å²) in [5.41, 5.74) is 0.993. The molecule has 1 fully saturated rings. The lowest BCUT2D eigenvalue weighted by Crippen LogP contribution is -2.34. The molecule has 2 atom stereocenters. The van der Waals surface area contributed by atoms with E-state index in [-0.39, 0.29) is 5.82 Å². The molecule has 1 aromatic rings. The molecule has 1 aliphatic rings. The van der Waals surface area contributed by atoms with Crippen LogP contribution < -0.4 is 10.1 Å². The SMILES string of the molecule is CCNC(Cc1ccc(OC)c(F)c1)CC1CCCO1. The van der Waals surface area contributed by atoms with Crippen molar-refractivity contribution in [2.75, 3.05) is 20.3 Å². The molecular weight excluding hydrogens is 257 g/mol.